The summed E-state index contributed by atoms with van der Waals surface area (Å²) in [6.45, 7) is 19.7. The van der Waals surface area contributed by atoms with Crippen LogP contribution in [0.1, 0.15) is 84.1 Å². The molecule has 7 amide bonds. The lowest BCUT2D eigenvalue weighted by Gasteiger charge is -2.44. The Labute approximate surface area is 535 Å². The Bertz CT molecular complexity index is 3200. The Morgan fingerprint density at radius 2 is 1.01 bits per heavy atom. The first-order valence-corrected chi connectivity index (χ1v) is 29.9. The lowest BCUT2D eigenvalue weighted by Crippen LogP contribution is -2.66. The Hall–Kier alpha value is -8.94. The monoisotopic (exact) mass is 1280 g/mol. The van der Waals surface area contributed by atoms with Crippen molar-refractivity contribution in [2.45, 2.75) is 135 Å². The zero-order valence-corrected chi connectivity index (χ0v) is 52.2. The molecular formula is C67H88F2N8O15. The van der Waals surface area contributed by atoms with Gasteiger partial charge >= 0.3 is 18.2 Å². The Morgan fingerprint density at radius 1 is 0.609 bits per heavy atom. The summed E-state index contributed by atoms with van der Waals surface area (Å²) >= 11 is 0. The minimum atomic E-state index is -1.68. The van der Waals surface area contributed by atoms with Crippen LogP contribution in [0.5, 0.6) is 11.5 Å². The van der Waals surface area contributed by atoms with Crippen molar-refractivity contribution in [3.05, 3.63) is 156 Å². The second-order valence-corrected chi connectivity index (χ2v) is 24.8. The van der Waals surface area contributed by atoms with E-state index in [2.05, 4.69) is 18.5 Å². The maximum atomic E-state index is 14.3. The predicted octanol–water partition coefficient (Wildman–Crippen LogP) is 5.75. The number of phenols is 2. The number of carboxylic acids is 1. The quantitative estimate of drug-likeness (QED) is 0.0550. The van der Waals surface area contributed by atoms with Crippen LogP contribution in [0.2, 0.25) is 0 Å². The molecule has 4 aromatic rings. The van der Waals surface area contributed by atoms with Crippen LogP contribution in [-0.2, 0) is 64.2 Å². The van der Waals surface area contributed by atoms with Gasteiger partial charge in [-0.3, -0.25) is 38.6 Å². The summed E-state index contributed by atoms with van der Waals surface area (Å²) in [6, 6.07) is 20.5. The summed E-state index contributed by atoms with van der Waals surface area (Å²) in [5.41, 5.74) is 6.89. The van der Waals surface area contributed by atoms with Crippen molar-refractivity contribution in [1.82, 2.24) is 34.7 Å². The molecule has 0 spiro atoms. The SMILES string of the molecule is C.C=CCN1CC(C(=O)N[C@@H](Cc2cc(O)cc(F)c2)[C@H](O)[C@H]2C(=O)N(Cc3ccccc3)CCN2C(=O)OC(C)(C)C)CC1=O.C=CCN1C[C@@H](C(=O)O)CC1=O.CC(C)(C)OC(=O)N1CCN(Cc2ccccc2)C(=O)[C@@H]1[C@@H](O)[C@@H](N)Cc1cc(O)cc(F)c1. The number of amides is 7. The fraction of sp³-hybridized carbons (Fsp3) is 0.463. The minimum absolute atomic E-state index is 0. The summed E-state index contributed by atoms with van der Waals surface area (Å²) in [5.74, 6) is -6.05. The largest absolute Gasteiger partial charge is 0.508 e. The van der Waals surface area contributed by atoms with Gasteiger partial charge in [-0.05, 0) is 101 Å². The fourth-order valence-corrected chi connectivity index (χ4v) is 10.9. The van der Waals surface area contributed by atoms with E-state index in [-0.39, 0.29) is 108 Å². The first-order valence-electron chi connectivity index (χ1n) is 29.9. The van der Waals surface area contributed by atoms with E-state index in [1.807, 2.05) is 60.7 Å². The molecule has 23 nitrogen and oxygen atoms in total. The molecule has 0 radical (unpaired) electrons. The number of aliphatic carboxylic acids is 1. The van der Waals surface area contributed by atoms with E-state index in [0.717, 1.165) is 34.2 Å². The van der Waals surface area contributed by atoms with Crippen molar-refractivity contribution in [1.29, 1.82) is 0 Å². The number of halogens is 2. The number of hydrogen-bond acceptors (Lipinski definition) is 15. The molecule has 4 saturated heterocycles. The molecule has 25 heteroatoms. The summed E-state index contributed by atoms with van der Waals surface area (Å²) in [4.78, 5) is 110. The van der Waals surface area contributed by atoms with Crippen LogP contribution < -0.4 is 11.1 Å². The maximum Gasteiger partial charge on any atom is 0.411 e. The summed E-state index contributed by atoms with van der Waals surface area (Å²) in [5, 5.41) is 54.1. The summed E-state index contributed by atoms with van der Waals surface area (Å²) in [7, 11) is 0. The standard InChI is InChI=1S/C33H41FN4O7.C25H32FN3O5.C8H11NO3.CH4/c1-5-11-36-20-23(17-27(36)40)30(42)35-26(16-22-14-24(34)18-25(39)15-22)29(41)28-31(43)37(19-21-9-7-6-8-10-21)12-13-38(28)32(44)45-33(2,3)4;1-25(2,3)34-24(33)29-10-9-28(15-16-7-5-4-6-8-16)23(32)21(29)22(31)20(27)13-17-11-18(26)14-19(30)12-17;1-2-3-9-5-6(8(11)12)4-7(9)10;/h5-10,14-15,18,23,26,28-29,39,41H,1,11-13,16-17,19-20H2,2-4H3,(H,35,42);4-8,11-12,14,20-22,30-31H,9-10,13,15,27H2,1-3H3;2,6H,1,3-5H2,(H,11,12);1H4/t23?,26-,28-,29-;20-,21-,22-;6-;/m000./s1. The number of nitrogens with zero attached hydrogens (tertiary/aromatic N) is 6. The number of rotatable bonds is 19. The fourth-order valence-electron chi connectivity index (χ4n) is 10.9. The van der Waals surface area contributed by atoms with Gasteiger partial charge in [0.1, 0.15) is 52.5 Å². The normalized spacial score (nSPS) is 19.7. The number of aromatic hydroxyl groups is 2. The molecule has 92 heavy (non-hydrogen) atoms. The number of carboxylic acid groups (broad SMARTS) is 1. The Balaban J connectivity index is 0.000000287. The van der Waals surface area contributed by atoms with Crippen LogP contribution in [-0.4, -0.2) is 203 Å². The number of nitrogens with two attached hydrogens (primary N) is 1. The van der Waals surface area contributed by atoms with Gasteiger partial charge in [-0.25, -0.2) is 18.4 Å². The number of carbonyl (C=O) groups is 8. The average molecular weight is 1280 g/mol. The second-order valence-electron chi connectivity index (χ2n) is 24.8. The zero-order chi connectivity index (χ0) is 67.1. The molecule has 0 bridgehead atoms. The molecule has 4 heterocycles. The van der Waals surface area contributed by atoms with Gasteiger partial charge in [0, 0.05) is 96.5 Å². The first-order chi connectivity index (χ1) is 42.8. The highest BCUT2D eigenvalue weighted by atomic mass is 19.1. The number of benzene rings is 4. The van der Waals surface area contributed by atoms with Crippen molar-refractivity contribution >= 4 is 47.7 Å². The molecule has 0 aromatic heterocycles. The number of phenolic OH excluding ortho intramolecular Hbond substituents is 2. The number of piperazine rings is 2. The van der Waals surface area contributed by atoms with Crippen LogP contribution in [0, 0.1) is 23.5 Å². The number of nitrogens with one attached hydrogen (secondary N) is 1. The third-order valence-electron chi connectivity index (χ3n) is 15.2. The molecule has 4 aliphatic heterocycles. The average Bonchev–Trinajstić information content (AvgIpc) is 1.02. The van der Waals surface area contributed by atoms with Crippen LogP contribution in [0.3, 0.4) is 0 Å². The van der Waals surface area contributed by atoms with E-state index in [0.29, 0.717) is 25.2 Å². The van der Waals surface area contributed by atoms with Gasteiger partial charge in [0.25, 0.3) is 0 Å². The van der Waals surface area contributed by atoms with Crippen molar-refractivity contribution in [2.75, 3.05) is 52.4 Å². The number of aliphatic hydroxyl groups is 2. The van der Waals surface area contributed by atoms with Gasteiger partial charge in [-0.15, -0.1) is 13.2 Å². The lowest BCUT2D eigenvalue weighted by molar-refractivity contribution is -0.149. The van der Waals surface area contributed by atoms with Crippen LogP contribution in [0.25, 0.3) is 0 Å². The maximum absolute atomic E-state index is 14.3. The topological polar surface area (TPSA) is 314 Å². The highest BCUT2D eigenvalue weighted by Crippen LogP contribution is 2.28. The molecule has 8 rings (SSSR count). The van der Waals surface area contributed by atoms with E-state index >= 15 is 0 Å². The van der Waals surface area contributed by atoms with E-state index < -0.39 is 107 Å². The van der Waals surface area contributed by atoms with Gasteiger partial charge in [0.2, 0.25) is 29.5 Å². The van der Waals surface area contributed by atoms with Crippen molar-refractivity contribution in [2.24, 2.45) is 17.6 Å². The smallest absolute Gasteiger partial charge is 0.411 e. The van der Waals surface area contributed by atoms with Crippen molar-refractivity contribution in [3.63, 3.8) is 0 Å². The van der Waals surface area contributed by atoms with Crippen LogP contribution in [0.15, 0.2) is 122 Å². The van der Waals surface area contributed by atoms with Crippen molar-refractivity contribution in [3.8, 4) is 11.5 Å². The summed E-state index contributed by atoms with van der Waals surface area (Å²) < 4.78 is 39.0. The Kier molecular flexibility index (Phi) is 26.4. The van der Waals surface area contributed by atoms with Gasteiger partial charge in [-0.2, -0.15) is 0 Å². The molecule has 8 atom stereocenters. The van der Waals surface area contributed by atoms with Gasteiger partial charge in [0.15, 0.2) is 0 Å². The molecule has 500 valence electrons. The third kappa shape index (κ3) is 21.1. The van der Waals surface area contributed by atoms with E-state index in [1.165, 1.54) is 37.8 Å². The predicted molar refractivity (Wildman–Crippen MR) is 337 cm³/mol. The number of aliphatic hydroxyl groups excluding tert-OH is 2. The minimum Gasteiger partial charge on any atom is -0.508 e. The number of ether oxygens (including phenoxy) is 2. The van der Waals surface area contributed by atoms with Gasteiger partial charge < -0.3 is 65.7 Å². The molecular weight excluding hydrogens is 1190 g/mol. The highest BCUT2D eigenvalue weighted by Gasteiger charge is 2.48. The molecule has 0 saturated carbocycles. The molecule has 0 aliphatic carbocycles. The van der Waals surface area contributed by atoms with Gasteiger partial charge in [0.05, 0.1) is 24.0 Å². The van der Waals surface area contributed by atoms with Crippen LogP contribution in [0.4, 0.5) is 18.4 Å². The molecule has 4 aliphatic rings. The summed E-state index contributed by atoms with van der Waals surface area (Å²) in [6.07, 6.45) is -1.65. The van der Waals surface area contributed by atoms with Crippen molar-refractivity contribution < 1.29 is 82.1 Å². The molecule has 4 aromatic carbocycles. The molecule has 1 unspecified atom stereocenters. The molecule has 4 fully saturated rings. The van der Waals surface area contributed by atoms with E-state index in [1.54, 1.807) is 58.6 Å². The molecule has 8 N–H and O–H groups in total. The second kappa shape index (κ2) is 32.9. The number of likely N-dealkylation sites (tertiary alicyclic amines) is 2. The highest BCUT2D eigenvalue weighted by molar-refractivity contribution is 5.91. The zero-order valence-electron chi connectivity index (χ0n) is 52.2. The third-order valence-corrected chi connectivity index (χ3v) is 15.2. The van der Waals surface area contributed by atoms with Crippen LogP contribution >= 0.6 is 0 Å². The Morgan fingerprint density at radius 3 is 1.40 bits per heavy atom. The van der Waals surface area contributed by atoms with E-state index in [4.69, 9.17) is 20.3 Å². The lowest BCUT2D eigenvalue weighted by atomic mass is 9.92. The first kappa shape index (κ1) is 73.8. The van der Waals surface area contributed by atoms with Gasteiger partial charge in [-0.1, -0.05) is 80.2 Å². The number of hydrogen-bond donors (Lipinski definition) is 7. The van der Waals surface area contributed by atoms with E-state index in [9.17, 15) is 67.6 Å². The number of carbonyl (C=O) groups excluding carboxylic acids is 7.